The smallest absolute Gasteiger partial charge is 0.284 e. The number of benzene rings is 1. The van der Waals surface area contributed by atoms with Crippen LogP contribution < -0.4 is 11.1 Å². The second kappa shape index (κ2) is 5.44. The summed E-state index contributed by atoms with van der Waals surface area (Å²) in [6.45, 7) is 0.227. The maximum Gasteiger partial charge on any atom is 0.284 e. The first-order valence-electron chi connectivity index (χ1n) is 6.41. The monoisotopic (exact) mass is 303 g/mol. The fourth-order valence-corrected chi connectivity index (χ4v) is 2.12. The van der Waals surface area contributed by atoms with E-state index in [-0.39, 0.29) is 17.8 Å². The van der Waals surface area contributed by atoms with E-state index in [4.69, 9.17) is 10.2 Å². The van der Waals surface area contributed by atoms with Gasteiger partial charge >= 0.3 is 0 Å². The van der Waals surface area contributed by atoms with Crippen molar-refractivity contribution in [3.8, 4) is 0 Å². The number of nitrogens with two attached hydrogens (primary N) is 1. The molecule has 0 aliphatic carbocycles. The van der Waals surface area contributed by atoms with Gasteiger partial charge < -0.3 is 15.5 Å². The van der Waals surface area contributed by atoms with E-state index in [2.05, 4.69) is 10.3 Å². The van der Waals surface area contributed by atoms with Gasteiger partial charge in [-0.15, -0.1) is 0 Å². The van der Waals surface area contributed by atoms with Crippen LogP contribution in [0.15, 0.2) is 40.9 Å². The molecule has 0 aliphatic rings. The number of carbonyl (C=O) groups is 1. The normalized spacial score (nSPS) is 10.8. The predicted molar refractivity (Wildman–Crippen MR) is 76.2 cm³/mol. The Labute approximate surface area is 123 Å². The number of hydrogen-bond donors (Lipinski definition) is 2. The van der Waals surface area contributed by atoms with E-state index in [1.54, 1.807) is 12.1 Å². The number of pyridine rings is 1. The Kier molecular flexibility index (Phi) is 3.46. The molecule has 3 aromatic rings. The van der Waals surface area contributed by atoms with Crippen LogP contribution in [0.25, 0.3) is 10.9 Å². The Morgan fingerprint density at radius 2 is 2.09 bits per heavy atom. The summed E-state index contributed by atoms with van der Waals surface area (Å²) in [7, 11) is 0. The quantitative estimate of drug-likeness (QED) is 0.776. The Balaban J connectivity index is 1.88. The Hall–Kier alpha value is -2.96. The third-order valence-corrected chi connectivity index (χ3v) is 3.12. The molecule has 0 spiro atoms. The number of aromatic nitrogens is 1. The number of primary amides is 1. The standard InChI is InChI=1S/C15H11F2N3O2/c16-8-5-10-12(3-4-19-14(10)11(17)6-8)20-7-9-1-2-13(22-9)15(18)21/h1-6H,7H2,(H2,18,21)(H,19,20). The van der Waals surface area contributed by atoms with Crippen LogP contribution in [-0.2, 0) is 6.54 Å². The molecule has 22 heavy (non-hydrogen) atoms. The highest BCUT2D eigenvalue weighted by atomic mass is 19.1. The molecular weight excluding hydrogens is 292 g/mol. The van der Waals surface area contributed by atoms with Gasteiger partial charge in [0.2, 0.25) is 0 Å². The van der Waals surface area contributed by atoms with E-state index in [1.165, 1.54) is 18.3 Å². The molecule has 0 unspecified atom stereocenters. The summed E-state index contributed by atoms with van der Waals surface area (Å²) in [4.78, 5) is 14.9. The van der Waals surface area contributed by atoms with Gasteiger partial charge in [-0.25, -0.2) is 8.78 Å². The number of rotatable bonds is 4. The Morgan fingerprint density at radius 3 is 2.82 bits per heavy atom. The second-order valence-corrected chi connectivity index (χ2v) is 4.63. The van der Waals surface area contributed by atoms with Gasteiger partial charge in [0.15, 0.2) is 11.6 Å². The number of furan rings is 1. The van der Waals surface area contributed by atoms with E-state index in [0.29, 0.717) is 16.8 Å². The summed E-state index contributed by atoms with van der Waals surface area (Å²) >= 11 is 0. The van der Waals surface area contributed by atoms with Crippen molar-refractivity contribution < 1.29 is 18.0 Å². The molecule has 3 N–H and O–H groups in total. The highest BCUT2D eigenvalue weighted by Crippen LogP contribution is 2.25. The average molecular weight is 303 g/mol. The molecule has 0 saturated heterocycles. The van der Waals surface area contributed by atoms with Crippen LogP contribution in [0, 0.1) is 11.6 Å². The van der Waals surface area contributed by atoms with Crippen LogP contribution in [0.3, 0.4) is 0 Å². The third-order valence-electron chi connectivity index (χ3n) is 3.12. The maximum atomic E-state index is 13.7. The summed E-state index contributed by atoms with van der Waals surface area (Å²) in [6, 6.07) is 6.63. The highest BCUT2D eigenvalue weighted by Gasteiger charge is 2.10. The van der Waals surface area contributed by atoms with Crippen LogP contribution in [-0.4, -0.2) is 10.9 Å². The van der Waals surface area contributed by atoms with Crippen molar-refractivity contribution in [1.82, 2.24) is 4.98 Å². The molecule has 2 heterocycles. The number of hydrogen-bond acceptors (Lipinski definition) is 4. The summed E-state index contributed by atoms with van der Waals surface area (Å²) in [5.74, 6) is -1.56. The highest BCUT2D eigenvalue weighted by molar-refractivity contribution is 5.91. The molecule has 7 heteroatoms. The van der Waals surface area contributed by atoms with Gasteiger partial charge in [-0.2, -0.15) is 0 Å². The van der Waals surface area contributed by atoms with Gasteiger partial charge in [0.05, 0.1) is 6.54 Å². The van der Waals surface area contributed by atoms with Crippen LogP contribution in [0.4, 0.5) is 14.5 Å². The Morgan fingerprint density at radius 1 is 1.27 bits per heavy atom. The molecule has 3 rings (SSSR count). The van der Waals surface area contributed by atoms with Crippen LogP contribution in [0.2, 0.25) is 0 Å². The maximum absolute atomic E-state index is 13.7. The molecule has 0 aliphatic heterocycles. The molecular formula is C15H11F2N3O2. The molecule has 0 radical (unpaired) electrons. The minimum absolute atomic E-state index is 0.0495. The molecule has 1 aromatic carbocycles. The van der Waals surface area contributed by atoms with Gasteiger partial charge in [0.1, 0.15) is 17.1 Å². The molecule has 2 aromatic heterocycles. The number of nitrogens with zero attached hydrogens (tertiary/aromatic N) is 1. The van der Waals surface area contributed by atoms with E-state index >= 15 is 0 Å². The zero-order valence-corrected chi connectivity index (χ0v) is 11.3. The largest absolute Gasteiger partial charge is 0.454 e. The lowest BCUT2D eigenvalue weighted by atomic mass is 10.1. The number of carbonyl (C=O) groups excluding carboxylic acids is 1. The van der Waals surface area contributed by atoms with E-state index in [9.17, 15) is 13.6 Å². The van der Waals surface area contributed by atoms with Crippen molar-refractivity contribution in [1.29, 1.82) is 0 Å². The van der Waals surface area contributed by atoms with Crippen molar-refractivity contribution in [2.24, 2.45) is 5.73 Å². The van der Waals surface area contributed by atoms with Gasteiger partial charge in [0, 0.05) is 23.3 Å². The van der Waals surface area contributed by atoms with Gasteiger partial charge in [-0.1, -0.05) is 0 Å². The second-order valence-electron chi connectivity index (χ2n) is 4.63. The number of anilines is 1. The average Bonchev–Trinajstić information content (AvgIpc) is 2.94. The van der Waals surface area contributed by atoms with Gasteiger partial charge in [0.25, 0.3) is 5.91 Å². The molecule has 112 valence electrons. The minimum Gasteiger partial charge on any atom is -0.454 e. The summed E-state index contributed by atoms with van der Waals surface area (Å²) in [6.07, 6.45) is 1.42. The summed E-state index contributed by atoms with van der Waals surface area (Å²) in [5.41, 5.74) is 5.67. The van der Waals surface area contributed by atoms with Crippen LogP contribution >= 0.6 is 0 Å². The third kappa shape index (κ3) is 2.60. The zero-order chi connectivity index (χ0) is 15.7. The summed E-state index contributed by atoms with van der Waals surface area (Å²) in [5, 5.41) is 3.31. The summed E-state index contributed by atoms with van der Waals surface area (Å²) < 4.78 is 32.3. The van der Waals surface area contributed by atoms with E-state index < -0.39 is 17.5 Å². The first-order valence-corrected chi connectivity index (χ1v) is 6.41. The van der Waals surface area contributed by atoms with Crippen molar-refractivity contribution in [2.75, 3.05) is 5.32 Å². The molecule has 0 bridgehead atoms. The fourth-order valence-electron chi connectivity index (χ4n) is 2.12. The molecule has 0 fully saturated rings. The zero-order valence-electron chi connectivity index (χ0n) is 11.3. The van der Waals surface area contributed by atoms with Crippen molar-refractivity contribution in [2.45, 2.75) is 6.54 Å². The number of nitrogens with one attached hydrogen (secondary N) is 1. The predicted octanol–water partition coefficient (Wildman–Crippen LogP) is 2.82. The van der Waals surface area contributed by atoms with Gasteiger partial charge in [-0.3, -0.25) is 9.78 Å². The minimum atomic E-state index is -0.729. The fraction of sp³-hybridized carbons (Fsp3) is 0.0667. The van der Waals surface area contributed by atoms with E-state index in [1.807, 2.05) is 0 Å². The topological polar surface area (TPSA) is 81.2 Å². The number of fused-ring (bicyclic) bond motifs is 1. The molecule has 0 atom stereocenters. The van der Waals surface area contributed by atoms with Crippen molar-refractivity contribution in [3.05, 3.63) is 59.7 Å². The number of halogens is 2. The number of amides is 1. The lowest BCUT2D eigenvalue weighted by Gasteiger charge is -2.08. The van der Waals surface area contributed by atoms with Crippen LogP contribution in [0.5, 0.6) is 0 Å². The lowest BCUT2D eigenvalue weighted by Crippen LogP contribution is -2.09. The van der Waals surface area contributed by atoms with Crippen LogP contribution in [0.1, 0.15) is 16.3 Å². The lowest BCUT2D eigenvalue weighted by molar-refractivity contribution is 0.0972. The first kappa shape index (κ1) is 14.0. The van der Waals surface area contributed by atoms with Crippen molar-refractivity contribution in [3.63, 3.8) is 0 Å². The molecule has 0 saturated carbocycles. The Bertz CT molecular complexity index is 861. The van der Waals surface area contributed by atoms with Gasteiger partial charge in [-0.05, 0) is 24.3 Å². The molecule has 1 amide bonds. The van der Waals surface area contributed by atoms with E-state index in [0.717, 1.165) is 6.07 Å². The molecule has 5 nitrogen and oxygen atoms in total. The van der Waals surface area contributed by atoms with Crippen molar-refractivity contribution >= 4 is 22.5 Å². The SMILES string of the molecule is NC(=O)c1ccc(CNc2ccnc3c(F)cc(F)cc23)o1. The first-order chi connectivity index (χ1) is 10.5.